The lowest BCUT2D eigenvalue weighted by atomic mass is 10.2. The summed E-state index contributed by atoms with van der Waals surface area (Å²) in [6, 6.07) is 5.93. The average Bonchev–Trinajstić information content (AvgIpc) is 3.00. The number of non-ortho nitro benzene ring substituents is 1. The molecule has 0 atom stereocenters. The number of ether oxygens (including phenoxy) is 1. The topological polar surface area (TPSA) is 90.5 Å². The van der Waals surface area contributed by atoms with Crippen LogP contribution in [0.15, 0.2) is 36.7 Å². The number of carbonyl (C=O) groups excluding carboxylic acids is 1. The lowest BCUT2D eigenvalue weighted by Gasteiger charge is -2.26. The first kappa shape index (κ1) is 14.1. The van der Waals surface area contributed by atoms with Gasteiger partial charge in [-0.05, 0) is 17.7 Å². The maximum atomic E-state index is 12.0. The highest BCUT2D eigenvalue weighted by molar-refractivity contribution is 5.67. The van der Waals surface area contributed by atoms with E-state index in [1.165, 1.54) is 12.1 Å². The van der Waals surface area contributed by atoms with E-state index in [0.29, 0.717) is 25.2 Å². The highest BCUT2D eigenvalue weighted by Gasteiger charge is 2.22. The van der Waals surface area contributed by atoms with E-state index in [-0.39, 0.29) is 12.3 Å². The van der Waals surface area contributed by atoms with Gasteiger partial charge in [-0.15, -0.1) is 0 Å². The number of rotatable bonds is 3. The van der Waals surface area contributed by atoms with Gasteiger partial charge in [0, 0.05) is 37.6 Å². The Labute approximate surface area is 126 Å². The van der Waals surface area contributed by atoms with Crippen LogP contribution in [0.4, 0.5) is 10.5 Å². The van der Waals surface area contributed by atoms with Crippen LogP contribution < -0.4 is 0 Å². The molecule has 0 radical (unpaired) electrons. The molecule has 0 saturated heterocycles. The van der Waals surface area contributed by atoms with Crippen molar-refractivity contribution in [3.05, 3.63) is 58.2 Å². The zero-order chi connectivity index (χ0) is 15.5. The molecule has 1 aromatic carbocycles. The summed E-state index contributed by atoms with van der Waals surface area (Å²) in [7, 11) is 0. The number of hydrogen-bond acceptors (Lipinski definition) is 5. The number of benzene rings is 1. The van der Waals surface area contributed by atoms with Crippen LogP contribution in [0.3, 0.4) is 0 Å². The van der Waals surface area contributed by atoms with Crippen molar-refractivity contribution in [1.82, 2.24) is 14.5 Å². The first-order valence-corrected chi connectivity index (χ1v) is 6.78. The van der Waals surface area contributed by atoms with E-state index >= 15 is 0 Å². The number of amides is 1. The molecule has 0 fully saturated rings. The van der Waals surface area contributed by atoms with Crippen molar-refractivity contribution in [2.24, 2.45) is 0 Å². The molecular weight excluding hydrogens is 288 g/mol. The molecule has 1 aromatic heterocycles. The first-order chi connectivity index (χ1) is 10.6. The number of fused-ring (bicyclic) bond motifs is 1. The van der Waals surface area contributed by atoms with Crippen molar-refractivity contribution in [2.75, 3.05) is 6.54 Å². The van der Waals surface area contributed by atoms with E-state index in [0.717, 1.165) is 5.82 Å². The molecule has 8 heteroatoms. The van der Waals surface area contributed by atoms with E-state index in [9.17, 15) is 14.9 Å². The first-order valence-electron chi connectivity index (χ1n) is 6.78. The Balaban J connectivity index is 1.55. The zero-order valence-corrected chi connectivity index (χ0v) is 11.7. The van der Waals surface area contributed by atoms with Crippen LogP contribution in [0, 0.1) is 10.1 Å². The number of carbonyl (C=O) groups is 1. The maximum absolute atomic E-state index is 12.0. The summed E-state index contributed by atoms with van der Waals surface area (Å²) in [6.45, 7) is 1.78. The second-order valence-electron chi connectivity index (χ2n) is 4.94. The Hall–Kier alpha value is -2.90. The Kier molecular flexibility index (Phi) is 3.73. The van der Waals surface area contributed by atoms with Crippen LogP contribution in [-0.4, -0.2) is 32.0 Å². The van der Waals surface area contributed by atoms with Crippen LogP contribution in [-0.2, 0) is 24.4 Å². The summed E-state index contributed by atoms with van der Waals surface area (Å²) in [5.41, 5.74) is 0.718. The third kappa shape index (κ3) is 2.90. The van der Waals surface area contributed by atoms with E-state index in [4.69, 9.17) is 4.74 Å². The van der Waals surface area contributed by atoms with Crippen molar-refractivity contribution in [2.45, 2.75) is 19.7 Å². The van der Waals surface area contributed by atoms with Gasteiger partial charge in [0.2, 0.25) is 0 Å². The summed E-state index contributed by atoms with van der Waals surface area (Å²) in [6.07, 6.45) is 3.18. The van der Waals surface area contributed by atoms with Crippen molar-refractivity contribution in [1.29, 1.82) is 0 Å². The minimum atomic E-state index is -0.467. The maximum Gasteiger partial charge on any atom is 0.410 e. The second kappa shape index (κ2) is 5.84. The molecule has 1 aliphatic heterocycles. The molecule has 2 aromatic rings. The number of aromatic nitrogens is 2. The predicted molar refractivity (Wildman–Crippen MR) is 75.9 cm³/mol. The third-order valence-electron chi connectivity index (χ3n) is 3.51. The van der Waals surface area contributed by atoms with E-state index < -0.39 is 11.0 Å². The van der Waals surface area contributed by atoms with Crippen LogP contribution >= 0.6 is 0 Å². The molecule has 2 heterocycles. The predicted octanol–water partition coefficient (Wildman–Crippen LogP) is 1.94. The van der Waals surface area contributed by atoms with Crippen molar-refractivity contribution < 1.29 is 14.5 Å². The molecule has 0 aliphatic carbocycles. The lowest BCUT2D eigenvalue weighted by Crippen LogP contribution is -2.38. The molecule has 22 heavy (non-hydrogen) atoms. The molecule has 0 spiro atoms. The Morgan fingerprint density at radius 2 is 2.09 bits per heavy atom. The third-order valence-corrected chi connectivity index (χ3v) is 3.51. The zero-order valence-electron chi connectivity index (χ0n) is 11.7. The number of imidazole rings is 1. The highest BCUT2D eigenvalue weighted by atomic mass is 16.6. The molecule has 1 aliphatic rings. The van der Waals surface area contributed by atoms with Gasteiger partial charge in [0.1, 0.15) is 12.4 Å². The fourth-order valence-electron chi connectivity index (χ4n) is 2.28. The van der Waals surface area contributed by atoms with Gasteiger partial charge < -0.3 is 9.30 Å². The Morgan fingerprint density at radius 3 is 2.82 bits per heavy atom. The molecule has 8 nitrogen and oxygen atoms in total. The minimum absolute atomic E-state index is 0.0120. The molecule has 0 bridgehead atoms. The quantitative estimate of drug-likeness (QED) is 0.638. The fraction of sp³-hybridized carbons (Fsp3) is 0.286. The van der Waals surface area contributed by atoms with E-state index in [2.05, 4.69) is 4.98 Å². The summed E-state index contributed by atoms with van der Waals surface area (Å²) >= 11 is 0. The van der Waals surface area contributed by atoms with Gasteiger partial charge in [0.25, 0.3) is 5.69 Å². The van der Waals surface area contributed by atoms with Crippen LogP contribution in [0.5, 0.6) is 0 Å². The van der Waals surface area contributed by atoms with Gasteiger partial charge in [0.15, 0.2) is 0 Å². The van der Waals surface area contributed by atoms with E-state index in [1.807, 2.05) is 10.8 Å². The monoisotopic (exact) mass is 302 g/mol. The van der Waals surface area contributed by atoms with Crippen LogP contribution in [0.25, 0.3) is 0 Å². The molecular formula is C14H14N4O4. The molecule has 1 amide bonds. The smallest absolute Gasteiger partial charge is 0.410 e. The Morgan fingerprint density at radius 1 is 1.32 bits per heavy atom. The summed E-state index contributed by atoms with van der Waals surface area (Å²) < 4.78 is 7.24. The fourth-order valence-corrected chi connectivity index (χ4v) is 2.28. The normalized spacial score (nSPS) is 13.5. The van der Waals surface area contributed by atoms with Gasteiger partial charge in [0.05, 0.1) is 11.5 Å². The van der Waals surface area contributed by atoms with Crippen molar-refractivity contribution in [3.63, 3.8) is 0 Å². The number of nitrogens with zero attached hydrogens (tertiary/aromatic N) is 4. The minimum Gasteiger partial charge on any atom is -0.445 e. The molecule has 114 valence electrons. The molecule has 0 saturated carbocycles. The van der Waals surface area contributed by atoms with Crippen molar-refractivity contribution >= 4 is 11.8 Å². The van der Waals surface area contributed by atoms with Gasteiger partial charge in [-0.1, -0.05) is 0 Å². The summed E-state index contributed by atoms with van der Waals surface area (Å²) in [4.78, 5) is 27.9. The molecule has 0 unspecified atom stereocenters. The largest absolute Gasteiger partial charge is 0.445 e. The Bertz CT molecular complexity index is 695. The summed E-state index contributed by atoms with van der Waals surface area (Å²) in [5.74, 6) is 0.832. The number of hydrogen-bond donors (Lipinski definition) is 0. The van der Waals surface area contributed by atoms with Gasteiger partial charge >= 0.3 is 6.09 Å². The van der Waals surface area contributed by atoms with Gasteiger partial charge in [-0.3, -0.25) is 15.0 Å². The SMILES string of the molecule is O=C(OCc1ccc([N+](=O)[O-])cc1)N1CCn2ccnc2C1. The summed E-state index contributed by atoms with van der Waals surface area (Å²) in [5, 5.41) is 10.6. The van der Waals surface area contributed by atoms with Crippen molar-refractivity contribution in [3.8, 4) is 0 Å². The van der Waals surface area contributed by atoms with Crippen LogP contribution in [0.2, 0.25) is 0 Å². The molecule has 0 N–H and O–H groups in total. The molecule has 3 rings (SSSR count). The average molecular weight is 302 g/mol. The van der Waals surface area contributed by atoms with Gasteiger partial charge in [-0.2, -0.15) is 0 Å². The number of nitro benzene ring substituents is 1. The lowest BCUT2D eigenvalue weighted by molar-refractivity contribution is -0.384. The van der Waals surface area contributed by atoms with Crippen LogP contribution in [0.1, 0.15) is 11.4 Å². The standard InChI is InChI=1S/C14H14N4O4/c19-14(17-8-7-16-6-5-15-13(16)9-17)22-10-11-1-3-12(4-2-11)18(20)21/h1-6H,7-10H2. The van der Waals surface area contributed by atoms with Gasteiger partial charge in [-0.25, -0.2) is 9.78 Å². The van der Waals surface area contributed by atoms with E-state index in [1.54, 1.807) is 23.2 Å². The highest BCUT2D eigenvalue weighted by Crippen LogP contribution is 2.14. The second-order valence-corrected chi connectivity index (χ2v) is 4.94. The number of nitro groups is 1.